The van der Waals surface area contributed by atoms with Crippen LogP contribution in [0.3, 0.4) is 0 Å². The molecule has 1 aromatic heterocycles. The molecule has 3 aliphatic carbocycles. The Morgan fingerprint density at radius 2 is 1.69 bits per heavy atom. The molecule has 4 aromatic carbocycles. The number of fused-ring (bicyclic) bond motifs is 12. The molecule has 5 aromatic rings. The van der Waals surface area contributed by atoms with E-state index in [4.69, 9.17) is 0 Å². The van der Waals surface area contributed by atoms with Gasteiger partial charge in [-0.3, -0.25) is 9.98 Å². The van der Waals surface area contributed by atoms with Crippen molar-refractivity contribution in [2.45, 2.75) is 58.8 Å². The van der Waals surface area contributed by atoms with Gasteiger partial charge >= 0.3 is 0 Å². The number of benzene rings is 4. The number of hydrogen-bond donors (Lipinski definition) is 1. The maximum Gasteiger partial charge on any atom is 0.129 e. The van der Waals surface area contributed by atoms with Gasteiger partial charge in [0.15, 0.2) is 0 Å². The first-order chi connectivity index (χ1) is 26.7. The van der Waals surface area contributed by atoms with Crippen molar-refractivity contribution in [1.29, 1.82) is 0 Å². The molecule has 266 valence electrons. The summed E-state index contributed by atoms with van der Waals surface area (Å²) < 4.78 is 2.55. The maximum absolute atomic E-state index is 4.50. The highest BCUT2D eigenvalue weighted by atomic mass is 15.0. The van der Waals surface area contributed by atoms with Crippen LogP contribution < -0.4 is 5.32 Å². The fourth-order valence-corrected chi connectivity index (χ4v) is 9.75. The number of nitrogens with one attached hydrogen (secondary N) is 1. The van der Waals surface area contributed by atoms with Crippen LogP contribution in [0.4, 0.5) is 0 Å². The third kappa shape index (κ3) is 5.50. The summed E-state index contributed by atoms with van der Waals surface area (Å²) in [6, 6.07) is 25.2. The van der Waals surface area contributed by atoms with Crippen molar-refractivity contribution in [1.82, 2.24) is 9.88 Å². The van der Waals surface area contributed by atoms with Gasteiger partial charge in [-0.25, -0.2) is 0 Å². The molecule has 11 rings (SSSR count). The van der Waals surface area contributed by atoms with Crippen molar-refractivity contribution in [3.8, 4) is 0 Å². The molecule has 6 aliphatic rings. The molecule has 2 unspecified atom stereocenters. The van der Waals surface area contributed by atoms with E-state index in [1.54, 1.807) is 0 Å². The van der Waals surface area contributed by atoms with E-state index in [0.29, 0.717) is 18.5 Å². The summed E-state index contributed by atoms with van der Waals surface area (Å²) in [4.78, 5) is 8.99. The van der Waals surface area contributed by atoms with E-state index >= 15 is 0 Å². The third-order valence-electron chi connectivity index (χ3n) is 12.3. The van der Waals surface area contributed by atoms with Crippen molar-refractivity contribution in [3.63, 3.8) is 0 Å². The van der Waals surface area contributed by atoms with Crippen LogP contribution in [0, 0.1) is 11.8 Å². The average molecular weight is 703 g/mol. The lowest BCUT2D eigenvalue weighted by molar-refractivity contribution is 0.450. The van der Waals surface area contributed by atoms with Gasteiger partial charge in [0.05, 0.1) is 5.52 Å². The van der Waals surface area contributed by atoms with Gasteiger partial charge in [0, 0.05) is 57.7 Å². The minimum absolute atomic E-state index is 0.322. The maximum atomic E-state index is 4.50. The summed E-state index contributed by atoms with van der Waals surface area (Å²) >= 11 is 0. The lowest BCUT2D eigenvalue weighted by Crippen LogP contribution is -2.23. The second-order valence-electron chi connectivity index (χ2n) is 15.5. The first kappa shape index (κ1) is 32.9. The molecule has 2 bridgehead atoms. The van der Waals surface area contributed by atoms with Crippen LogP contribution in [0.15, 0.2) is 136 Å². The number of rotatable bonds is 6. The number of aromatic nitrogens is 1. The van der Waals surface area contributed by atoms with Crippen LogP contribution >= 0.6 is 0 Å². The Morgan fingerprint density at radius 3 is 2.54 bits per heavy atom. The molecular formula is C50H46N4. The first-order valence-corrected chi connectivity index (χ1v) is 19.9. The predicted octanol–water partition coefficient (Wildman–Crippen LogP) is 12.0. The lowest BCUT2D eigenvalue weighted by atomic mass is 9.81. The number of aryl methyl sites for hydroxylation is 1. The van der Waals surface area contributed by atoms with Crippen molar-refractivity contribution in [2.75, 3.05) is 6.67 Å². The van der Waals surface area contributed by atoms with Crippen molar-refractivity contribution >= 4 is 68.3 Å². The van der Waals surface area contributed by atoms with Gasteiger partial charge in [-0.05, 0) is 138 Å². The van der Waals surface area contributed by atoms with Crippen molar-refractivity contribution in [3.05, 3.63) is 154 Å². The molecule has 0 saturated heterocycles. The standard InChI is InChI=1S/C50H46N4/c1-3-11-37(12-10-18-38-35-21-24-47(32(2)26-35)53-50(38)36-29-51-31-52-30-36)54-48-19-9-8-17-44(48)46-28-34(22-25-49(46)54)33-20-23-43-41-15-5-4-13-39(41)40-14-6-7-16-42(40)45(43)27-33/h4-5,7-13,15-17,19-21,23-24,27-30,35,38,53H,3,6,14,18,22,25-26,31H2,1-2H3/b12-10-,37-11+. The van der Waals surface area contributed by atoms with Crippen molar-refractivity contribution in [2.24, 2.45) is 21.8 Å². The molecule has 54 heavy (non-hydrogen) atoms. The van der Waals surface area contributed by atoms with Crippen LogP contribution in [-0.2, 0) is 12.8 Å². The molecule has 0 radical (unpaired) electrons. The van der Waals surface area contributed by atoms with Crippen LogP contribution in [0.2, 0.25) is 0 Å². The predicted molar refractivity (Wildman–Crippen MR) is 231 cm³/mol. The summed E-state index contributed by atoms with van der Waals surface area (Å²) in [6.45, 7) is 5.02. The second-order valence-corrected chi connectivity index (χ2v) is 15.5. The van der Waals surface area contributed by atoms with E-state index in [2.05, 4.69) is 149 Å². The van der Waals surface area contributed by atoms with E-state index < -0.39 is 0 Å². The largest absolute Gasteiger partial charge is 0.358 e. The van der Waals surface area contributed by atoms with Crippen LogP contribution in [0.25, 0.3) is 55.9 Å². The zero-order chi connectivity index (χ0) is 36.2. The van der Waals surface area contributed by atoms with Gasteiger partial charge in [-0.15, -0.1) is 0 Å². The lowest BCUT2D eigenvalue weighted by Gasteiger charge is -2.25. The number of hydrogen-bond acceptors (Lipinski definition) is 3. The van der Waals surface area contributed by atoms with Gasteiger partial charge in [0.2, 0.25) is 0 Å². The zero-order valence-corrected chi connectivity index (χ0v) is 31.3. The molecule has 0 spiro atoms. The molecule has 4 heteroatoms. The Hall–Kier alpha value is -5.74. The van der Waals surface area contributed by atoms with Gasteiger partial charge in [0.1, 0.15) is 6.67 Å². The molecule has 4 nitrogen and oxygen atoms in total. The first-order valence-electron chi connectivity index (χ1n) is 19.9. The Balaban J connectivity index is 1.03. The number of allylic oxidation sites excluding steroid dienone is 11. The van der Waals surface area contributed by atoms with Gasteiger partial charge in [0.25, 0.3) is 0 Å². The van der Waals surface area contributed by atoms with Crippen molar-refractivity contribution < 1.29 is 0 Å². The summed E-state index contributed by atoms with van der Waals surface area (Å²) in [5, 5.41) is 10.6. The topological polar surface area (TPSA) is 41.7 Å². The Kier molecular flexibility index (Phi) is 8.27. The van der Waals surface area contributed by atoms with Crippen LogP contribution in [-0.4, -0.2) is 23.7 Å². The smallest absolute Gasteiger partial charge is 0.129 e. The molecule has 4 heterocycles. The number of nitrogens with zero attached hydrogens (tertiary/aromatic N) is 3. The van der Waals surface area contributed by atoms with E-state index in [9.17, 15) is 0 Å². The van der Waals surface area contributed by atoms with Crippen LogP contribution in [0.5, 0.6) is 0 Å². The van der Waals surface area contributed by atoms with Gasteiger partial charge < -0.3 is 9.88 Å². The van der Waals surface area contributed by atoms with Crippen LogP contribution in [0.1, 0.15) is 73.9 Å². The summed E-state index contributed by atoms with van der Waals surface area (Å²) in [7, 11) is 0. The van der Waals surface area contributed by atoms with Gasteiger partial charge in [-0.1, -0.05) is 91.9 Å². The fourth-order valence-electron chi connectivity index (χ4n) is 9.75. The minimum atomic E-state index is 0.322. The highest BCUT2D eigenvalue weighted by Gasteiger charge is 2.32. The monoisotopic (exact) mass is 702 g/mol. The molecule has 0 amide bonds. The van der Waals surface area contributed by atoms with Gasteiger partial charge in [-0.2, -0.15) is 0 Å². The molecule has 0 saturated carbocycles. The zero-order valence-electron chi connectivity index (χ0n) is 31.3. The average Bonchev–Trinajstić information content (AvgIpc) is 3.36. The summed E-state index contributed by atoms with van der Waals surface area (Å²) in [6.07, 6.45) is 30.3. The fraction of sp³-hybridized carbons (Fsp3) is 0.240. The highest BCUT2D eigenvalue weighted by molar-refractivity contribution is 6.14. The Labute approximate surface area is 318 Å². The Morgan fingerprint density at radius 1 is 0.870 bits per heavy atom. The third-order valence-corrected chi connectivity index (χ3v) is 12.3. The molecular weight excluding hydrogens is 657 g/mol. The molecule has 2 atom stereocenters. The Bertz CT molecular complexity index is 2650. The second kappa shape index (κ2) is 13.6. The SMILES string of the molecule is CC/C=C(\C=C/CC1C(=C2C=NCN=C2)NC2=C(C)CC1C=C2)n1c2c(c3ccccc31)C=C(c1ccc3c(c1)c1c(c4ccccc43)CCC=C1)CC2. The summed E-state index contributed by atoms with van der Waals surface area (Å²) in [5.74, 6) is 0.764. The molecule has 1 N–H and O–H groups in total. The van der Waals surface area contributed by atoms with E-state index in [1.165, 1.54) is 88.6 Å². The molecule has 3 aliphatic heterocycles. The van der Waals surface area contributed by atoms with E-state index in [-0.39, 0.29) is 0 Å². The van der Waals surface area contributed by atoms with E-state index in [0.717, 1.165) is 50.5 Å². The normalized spacial score (nSPS) is 20.7. The molecule has 0 fully saturated rings. The van der Waals surface area contributed by atoms with E-state index in [1.807, 2.05) is 12.4 Å². The quantitative estimate of drug-likeness (QED) is 0.139. The number of aliphatic imine (C=N–C) groups is 2. The number of para-hydroxylation sites is 1. The minimum Gasteiger partial charge on any atom is -0.358 e. The highest BCUT2D eigenvalue weighted by Crippen LogP contribution is 2.43. The summed E-state index contributed by atoms with van der Waals surface area (Å²) in [5.41, 5.74) is 16.0.